The van der Waals surface area contributed by atoms with E-state index in [1.807, 2.05) is 6.54 Å². The summed E-state index contributed by atoms with van der Waals surface area (Å²) in [5.41, 5.74) is 0. The summed E-state index contributed by atoms with van der Waals surface area (Å²) in [5, 5.41) is 7.23. The molecule has 1 saturated heterocycles. The van der Waals surface area contributed by atoms with Gasteiger partial charge >= 0.3 is 0 Å². The maximum atomic E-state index is 5.18. The van der Waals surface area contributed by atoms with Gasteiger partial charge in [0.15, 0.2) is 0 Å². The second-order valence-electron chi connectivity index (χ2n) is 1.91. The van der Waals surface area contributed by atoms with Crippen molar-refractivity contribution in [3.05, 3.63) is 6.54 Å². The number of hydrogen-bond donors (Lipinski definition) is 1. The third-order valence-electron chi connectivity index (χ3n) is 1.15. The molecule has 0 unspecified atom stereocenters. The first kappa shape index (κ1) is 6.99. The van der Waals surface area contributed by atoms with Crippen LogP contribution in [-0.4, -0.2) is 32.8 Å². The normalized spacial score (nSPS) is 24.0. The highest BCUT2D eigenvalue weighted by atomic mass is 16.5. The van der Waals surface area contributed by atoms with Crippen molar-refractivity contribution < 1.29 is 4.74 Å². The summed E-state index contributed by atoms with van der Waals surface area (Å²) in [5.74, 6) is 0. The van der Waals surface area contributed by atoms with E-state index in [4.69, 9.17) is 4.74 Å². The molecule has 0 bridgehead atoms. The average Bonchev–Trinajstić information content (AvgIpc) is 2.00. The van der Waals surface area contributed by atoms with Gasteiger partial charge in [0.05, 0.1) is 19.8 Å². The standard InChI is InChI=1S/C6H12N2O/c1-2-8-4-6-9-5-3-7-1/h1,8H,2-6H2. The van der Waals surface area contributed by atoms with Gasteiger partial charge in [-0.15, -0.1) is 0 Å². The van der Waals surface area contributed by atoms with Gasteiger partial charge in [0.1, 0.15) is 0 Å². The van der Waals surface area contributed by atoms with Crippen molar-refractivity contribution in [3.8, 4) is 0 Å². The van der Waals surface area contributed by atoms with E-state index in [0.717, 1.165) is 32.8 Å². The van der Waals surface area contributed by atoms with Gasteiger partial charge in [-0.1, -0.05) is 0 Å². The monoisotopic (exact) mass is 128 g/mol. The van der Waals surface area contributed by atoms with Gasteiger partial charge in [-0.2, -0.15) is 0 Å². The number of nitrogens with one attached hydrogen (secondary N) is 1. The Kier molecular flexibility index (Phi) is 3.68. The quantitative estimate of drug-likeness (QED) is 0.471. The summed E-state index contributed by atoms with van der Waals surface area (Å²) in [6, 6.07) is 0. The lowest BCUT2D eigenvalue weighted by atomic mass is 10.6. The zero-order valence-electron chi connectivity index (χ0n) is 5.47. The lowest BCUT2D eigenvalue weighted by Crippen LogP contribution is -2.21. The average molecular weight is 128 g/mol. The topological polar surface area (TPSA) is 35.4 Å². The first-order chi connectivity index (χ1) is 4.50. The van der Waals surface area contributed by atoms with Crippen LogP contribution < -0.4 is 10.6 Å². The molecule has 0 amide bonds. The van der Waals surface area contributed by atoms with Gasteiger partial charge in [-0.3, -0.25) is 0 Å². The fraction of sp³-hybridized carbons (Fsp3) is 0.833. The molecule has 1 rings (SSSR count). The fourth-order valence-corrected chi connectivity index (χ4v) is 0.686. The summed E-state index contributed by atoms with van der Waals surface area (Å²) < 4.78 is 5.18. The molecule has 9 heavy (non-hydrogen) atoms. The summed E-state index contributed by atoms with van der Waals surface area (Å²) >= 11 is 0. The smallest absolute Gasteiger partial charge is 0.0608 e. The van der Waals surface area contributed by atoms with Crippen LogP contribution in [0.1, 0.15) is 0 Å². The van der Waals surface area contributed by atoms with Gasteiger partial charge in [-0.25, -0.2) is 5.32 Å². The maximum Gasteiger partial charge on any atom is 0.0608 e. The molecule has 3 nitrogen and oxygen atoms in total. The van der Waals surface area contributed by atoms with Crippen LogP contribution >= 0.6 is 0 Å². The molecule has 2 radical (unpaired) electrons. The minimum atomic E-state index is 0.762. The molecular weight excluding hydrogens is 116 g/mol. The molecule has 0 aromatic carbocycles. The van der Waals surface area contributed by atoms with Gasteiger partial charge in [0.25, 0.3) is 0 Å². The van der Waals surface area contributed by atoms with E-state index in [2.05, 4.69) is 10.6 Å². The van der Waals surface area contributed by atoms with E-state index < -0.39 is 0 Å². The Bertz CT molecular complexity index is 39.5. The number of hydrogen-bond acceptors (Lipinski definition) is 2. The van der Waals surface area contributed by atoms with E-state index in [1.54, 1.807) is 0 Å². The molecule has 1 aliphatic heterocycles. The van der Waals surface area contributed by atoms with Crippen LogP contribution in [0.5, 0.6) is 0 Å². The molecule has 52 valence electrons. The Labute approximate surface area is 55.8 Å². The third-order valence-corrected chi connectivity index (χ3v) is 1.15. The van der Waals surface area contributed by atoms with E-state index in [1.165, 1.54) is 0 Å². The lowest BCUT2D eigenvalue weighted by molar-refractivity contribution is 0.143. The van der Waals surface area contributed by atoms with Crippen molar-refractivity contribution in [1.29, 1.82) is 0 Å². The highest BCUT2D eigenvalue weighted by Gasteiger charge is 1.94. The second kappa shape index (κ2) is 4.73. The molecule has 1 aliphatic rings. The molecular formula is C6H12N2O. The van der Waals surface area contributed by atoms with E-state index in [0.29, 0.717) is 0 Å². The Balaban J connectivity index is 2.02. The van der Waals surface area contributed by atoms with Crippen molar-refractivity contribution in [1.82, 2.24) is 10.6 Å². The van der Waals surface area contributed by atoms with Crippen LogP contribution in [0.3, 0.4) is 0 Å². The van der Waals surface area contributed by atoms with E-state index >= 15 is 0 Å². The van der Waals surface area contributed by atoms with Crippen molar-refractivity contribution in [3.63, 3.8) is 0 Å². The molecule has 0 atom stereocenters. The summed E-state index contributed by atoms with van der Waals surface area (Å²) in [6.07, 6.45) is 0. The van der Waals surface area contributed by atoms with Crippen LogP contribution in [0, 0.1) is 6.54 Å². The van der Waals surface area contributed by atoms with Gasteiger partial charge < -0.3 is 10.1 Å². The van der Waals surface area contributed by atoms with Crippen LogP contribution in [0.2, 0.25) is 0 Å². The molecule has 1 heterocycles. The predicted octanol–water partition coefficient (Wildman–Crippen LogP) is -0.628. The van der Waals surface area contributed by atoms with Gasteiger partial charge in [0.2, 0.25) is 0 Å². The second-order valence-corrected chi connectivity index (χ2v) is 1.91. The van der Waals surface area contributed by atoms with Crippen molar-refractivity contribution in [2.75, 3.05) is 32.8 Å². The van der Waals surface area contributed by atoms with E-state index in [-0.39, 0.29) is 0 Å². The minimum Gasteiger partial charge on any atom is -0.379 e. The van der Waals surface area contributed by atoms with Crippen LogP contribution in [0.15, 0.2) is 0 Å². The summed E-state index contributed by atoms with van der Waals surface area (Å²) in [4.78, 5) is 0. The Morgan fingerprint density at radius 1 is 1.44 bits per heavy atom. The first-order valence-corrected chi connectivity index (χ1v) is 3.27. The highest BCUT2D eigenvalue weighted by molar-refractivity contribution is 4.65. The van der Waals surface area contributed by atoms with Crippen LogP contribution in [0.25, 0.3) is 0 Å². The van der Waals surface area contributed by atoms with E-state index in [9.17, 15) is 0 Å². The Hall–Kier alpha value is -0.120. The van der Waals surface area contributed by atoms with Crippen LogP contribution in [-0.2, 0) is 4.74 Å². The zero-order chi connectivity index (χ0) is 6.36. The molecule has 0 aliphatic carbocycles. The SMILES string of the molecule is [CH]1CNCCOCC[N]1. The molecule has 1 N–H and O–H groups in total. The fourth-order valence-electron chi connectivity index (χ4n) is 0.686. The predicted molar refractivity (Wildman–Crippen MR) is 35.0 cm³/mol. The largest absolute Gasteiger partial charge is 0.379 e. The molecule has 0 aromatic heterocycles. The number of nitrogens with zero attached hydrogens (tertiary/aromatic N) is 1. The summed E-state index contributed by atoms with van der Waals surface area (Å²) in [6.45, 7) is 6.09. The number of ether oxygens (including phenoxy) is 1. The van der Waals surface area contributed by atoms with Gasteiger partial charge in [0, 0.05) is 19.6 Å². The highest BCUT2D eigenvalue weighted by Crippen LogP contribution is 1.78. The Morgan fingerprint density at radius 2 is 2.44 bits per heavy atom. The number of rotatable bonds is 0. The van der Waals surface area contributed by atoms with Gasteiger partial charge in [-0.05, 0) is 0 Å². The molecule has 0 saturated carbocycles. The maximum absolute atomic E-state index is 5.18. The summed E-state index contributed by atoms with van der Waals surface area (Å²) in [7, 11) is 0. The minimum absolute atomic E-state index is 0.762. The molecule has 3 heteroatoms. The van der Waals surface area contributed by atoms with Crippen molar-refractivity contribution in [2.45, 2.75) is 0 Å². The van der Waals surface area contributed by atoms with Crippen LogP contribution in [0.4, 0.5) is 0 Å². The molecule has 0 aromatic rings. The zero-order valence-corrected chi connectivity index (χ0v) is 5.47. The van der Waals surface area contributed by atoms with Crippen molar-refractivity contribution in [2.24, 2.45) is 0 Å². The molecule has 1 fully saturated rings. The molecule has 0 spiro atoms. The third kappa shape index (κ3) is 3.46. The first-order valence-electron chi connectivity index (χ1n) is 3.27. The van der Waals surface area contributed by atoms with Crippen molar-refractivity contribution >= 4 is 0 Å². The Morgan fingerprint density at radius 3 is 3.44 bits per heavy atom. The lowest BCUT2D eigenvalue weighted by Gasteiger charge is -1.98.